The summed E-state index contributed by atoms with van der Waals surface area (Å²) in [6.07, 6.45) is 3.91. The van der Waals surface area contributed by atoms with Crippen molar-refractivity contribution in [3.05, 3.63) is 18.1 Å². The largest absolute Gasteiger partial charge is 0.381 e. The maximum Gasteiger partial charge on any atom is 0.254 e. The number of fused-ring (bicyclic) bond motifs is 1. The molecule has 118 valence electrons. The lowest BCUT2D eigenvalue weighted by molar-refractivity contribution is -0.0402. The minimum absolute atomic E-state index is 0.399. The number of rotatable bonds is 2. The van der Waals surface area contributed by atoms with Crippen molar-refractivity contribution in [2.24, 2.45) is 11.3 Å². The molecule has 1 unspecified atom stereocenters. The van der Waals surface area contributed by atoms with Crippen LogP contribution in [0.1, 0.15) is 32.4 Å². The first-order chi connectivity index (χ1) is 10.6. The Morgan fingerprint density at radius 2 is 2.09 bits per heavy atom. The van der Waals surface area contributed by atoms with Crippen LogP contribution in [0.3, 0.4) is 0 Å². The molecule has 4 heterocycles. The molecule has 2 saturated heterocycles. The number of ether oxygens (including phenoxy) is 1. The summed E-state index contributed by atoms with van der Waals surface area (Å²) in [5.74, 6) is 2.40. The van der Waals surface area contributed by atoms with Gasteiger partial charge in [-0.3, -0.25) is 0 Å². The van der Waals surface area contributed by atoms with Gasteiger partial charge in [-0.05, 0) is 25.7 Å². The van der Waals surface area contributed by atoms with E-state index in [0.29, 0.717) is 23.2 Å². The quantitative estimate of drug-likeness (QED) is 0.850. The number of hydrogen-bond acceptors (Lipinski definition) is 5. The minimum Gasteiger partial charge on any atom is -0.381 e. The third-order valence-electron chi connectivity index (χ3n) is 5.22. The van der Waals surface area contributed by atoms with E-state index in [4.69, 9.17) is 4.74 Å². The molecule has 2 fully saturated rings. The lowest BCUT2D eigenvalue weighted by atomic mass is 9.63. The van der Waals surface area contributed by atoms with Crippen molar-refractivity contribution in [1.29, 1.82) is 0 Å². The standard InChI is InChI=1S/C16H23N5O/c1-11(2)14-16(4-6-22-7-5-16)9-20(14)13-8-12(3)19-15-17-10-18-21(13)15/h8,10-11,14H,4-7,9H2,1-3H3. The zero-order chi connectivity index (χ0) is 15.3. The fourth-order valence-electron chi connectivity index (χ4n) is 4.39. The van der Waals surface area contributed by atoms with Gasteiger partial charge in [0.05, 0.1) is 0 Å². The molecule has 22 heavy (non-hydrogen) atoms. The molecule has 1 spiro atoms. The Kier molecular flexibility index (Phi) is 3.11. The molecule has 1 atom stereocenters. The van der Waals surface area contributed by atoms with Gasteiger partial charge in [0.2, 0.25) is 0 Å². The van der Waals surface area contributed by atoms with Crippen LogP contribution in [-0.2, 0) is 4.74 Å². The summed E-state index contributed by atoms with van der Waals surface area (Å²) in [4.78, 5) is 11.2. The molecule has 2 aliphatic rings. The Hall–Kier alpha value is -1.69. The topological polar surface area (TPSA) is 55.6 Å². The van der Waals surface area contributed by atoms with E-state index in [9.17, 15) is 0 Å². The number of aryl methyl sites for hydroxylation is 1. The molecule has 0 amide bonds. The number of aromatic nitrogens is 4. The molecule has 0 bridgehead atoms. The highest BCUT2D eigenvalue weighted by atomic mass is 16.5. The van der Waals surface area contributed by atoms with Gasteiger partial charge < -0.3 is 9.64 Å². The number of hydrogen-bond donors (Lipinski definition) is 0. The van der Waals surface area contributed by atoms with Crippen LogP contribution in [0.4, 0.5) is 5.82 Å². The molecule has 0 saturated carbocycles. The molecule has 0 aliphatic carbocycles. The second-order valence-corrected chi connectivity index (χ2v) is 7.02. The monoisotopic (exact) mass is 301 g/mol. The van der Waals surface area contributed by atoms with Gasteiger partial charge in [0.15, 0.2) is 0 Å². The summed E-state index contributed by atoms with van der Waals surface area (Å²) in [6, 6.07) is 2.66. The maximum absolute atomic E-state index is 5.59. The molecule has 4 rings (SSSR count). The van der Waals surface area contributed by atoms with E-state index in [1.165, 1.54) is 0 Å². The lowest BCUT2D eigenvalue weighted by Gasteiger charge is -2.61. The zero-order valence-electron chi connectivity index (χ0n) is 13.5. The van der Waals surface area contributed by atoms with Gasteiger partial charge in [-0.25, -0.2) is 4.98 Å². The normalized spacial score (nSPS) is 24.2. The third-order valence-corrected chi connectivity index (χ3v) is 5.22. The number of nitrogens with zero attached hydrogens (tertiary/aromatic N) is 5. The van der Waals surface area contributed by atoms with Gasteiger partial charge in [-0.1, -0.05) is 13.8 Å². The van der Waals surface area contributed by atoms with Gasteiger partial charge >= 0.3 is 0 Å². The van der Waals surface area contributed by atoms with E-state index in [2.05, 4.69) is 39.9 Å². The Bertz CT molecular complexity index is 689. The highest BCUT2D eigenvalue weighted by Crippen LogP contribution is 2.50. The molecule has 0 aromatic carbocycles. The SMILES string of the molecule is Cc1cc(N2CC3(CCOCC3)C2C(C)C)n2ncnc2n1. The van der Waals surface area contributed by atoms with Crippen LogP contribution in [0.2, 0.25) is 0 Å². The van der Waals surface area contributed by atoms with Crippen molar-refractivity contribution in [2.45, 2.75) is 39.7 Å². The van der Waals surface area contributed by atoms with Crippen molar-refractivity contribution >= 4 is 11.6 Å². The van der Waals surface area contributed by atoms with Crippen molar-refractivity contribution in [2.75, 3.05) is 24.7 Å². The summed E-state index contributed by atoms with van der Waals surface area (Å²) in [5.41, 5.74) is 1.39. The first kappa shape index (κ1) is 13.9. The van der Waals surface area contributed by atoms with E-state index in [1.807, 2.05) is 11.4 Å². The Morgan fingerprint density at radius 3 is 2.82 bits per heavy atom. The van der Waals surface area contributed by atoms with Gasteiger partial charge in [0, 0.05) is 43.0 Å². The average Bonchev–Trinajstić information content (AvgIpc) is 2.92. The summed E-state index contributed by atoms with van der Waals surface area (Å²) < 4.78 is 7.46. The second-order valence-electron chi connectivity index (χ2n) is 7.02. The summed E-state index contributed by atoms with van der Waals surface area (Å²) in [7, 11) is 0. The van der Waals surface area contributed by atoms with Crippen LogP contribution < -0.4 is 4.90 Å². The fraction of sp³-hybridized carbons (Fsp3) is 0.688. The zero-order valence-corrected chi connectivity index (χ0v) is 13.5. The highest BCUT2D eigenvalue weighted by molar-refractivity contribution is 5.52. The van der Waals surface area contributed by atoms with Crippen LogP contribution in [0, 0.1) is 18.3 Å². The number of anilines is 1. The molecule has 6 nitrogen and oxygen atoms in total. The summed E-state index contributed by atoms with van der Waals surface area (Å²) in [5, 5.41) is 4.37. The van der Waals surface area contributed by atoms with Gasteiger partial charge in [0.25, 0.3) is 5.78 Å². The van der Waals surface area contributed by atoms with Gasteiger partial charge in [0.1, 0.15) is 12.1 Å². The average molecular weight is 301 g/mol. The predicted molar refractivity (Wildman–Crippen MR) is 84.0 cm³/mol. The Labute approximate surface area is 130 Å². The first-order valence-corrected chi connectivity index (χ1v) is 8.12. The maximum atomic E-state index is 5.59. The second kappa shape index (κ2) is 4.91. The molecule has 2 aliphatic heterocycles. The minimum atomic E-state index is 0.399. The van der Waals surface area contributed by atoms with Gasteiger partial charge in [-0.2, -0.15) is 14.6 Å². The fourth-order valence-corrected chi connectivity index (χ4v) is 4.39. The molecule has 0 radical (unpaired) electrons. The molecular formula is C16H23N5O. The van der Waals surface area contributed by atoms with Crippen molar-refractivity contribution in [1.82, 2.24) is 19.6 Å². The van der Waals surface area contributed by atoms with E-state index in [0.717, 1.165) is 44.1 Å². The van der Waals surface area contributed by atoms with Crippen LogP contribution in [0.5, 0.6) is 0 Å². The van der Waals surface area contributed by atoms with Crippen molar-refractivity contribution in [3.8, 4) is 0 Å². The Balaban J connectivity index is 1.74. The summed E-state index contributed by atoms with van der Waals surface area (Å²) in [6.45, 7) is 9.53. The van der Waals surface area contributed by atoms with E-state index < -0.39 is 0 Å². The van der Waals surface area contributed by atoms with Crippen LogP contribution in [-0.4, -0.2) is 45.4 Å². The molecule has 2 aromatic rings. The van der Waals surface area contributed by atoms with E-state index in [-0.39, 0.29) is 0 Å². The molecule has 2 aromatic heterocycles. The third kappa shape index (κ3) is 1.93. The van der Waals surface area contributed by atoms with Gasteiger partial charge in [-0.15, -0.1) is 0 Å². The van der Waals surface area contributed by atoms with Crippen LogP contribution in [0.15, 0.2) is 12.4 Å². The molecular weight excluding hydrogens is 278 g/mol. The van der Waals surface area contributed by atoms with E-state index >= 15 is 0 Å². The molecule has 0 N–H and O–H groups in total. The smallest absolute Gasteiger partial charge is 0.254 e. The highest BCUT2D eigenvalue weighted by Gasteiger charge is 2.54. The van der Waals surface area contributed by atoms with E-state index in [1.54, 1.807) is 6.33 Å². The first-order valence-electron chi connectivity index (χ1n) is 8.12. The van der Waals surface area contributed by atoms with Crippen molar-refractivity contribution in [3.63, 3.8) is 0 Å². The van der Waals surface area contributed by atoms with Crippen LogP contribution >= 0.6 is 0 Å². The Morgan fingerprint density at radius 1 is 1.32 bits per heavy atom. The predicted octanol–water partition coefficient (Wildman–Crippen LogP) is 2.07. The molecule has 6 heteroatoms. The van der Waals surface area contributed by atoms with Crippen molar-refractivity contribution < 1.29 is 4.74 Å². The summed E-state index contributed by atoms with van der Waals surface area (Å²) >= 11 is 0. The lowest BCUT2D eigenvalue weighted by Crippen LogP contribution is -2.68. The van der Waals surface area contributed by atoms with Crippen LogP contribution in [0.25, 0.3) is 5.78 Å².